The maximum atomic E-state index is 6.07. The molecule has 27 heavy (non-hydrogen) atoms. The van der Waals surface area contributed by atoms with Crippen molar-refractivity contribution in [3.63, 3.8) is 0 Å². The van der Waals surface area contributed by atoms with Gasteiger partial charge in [-0.2, -0.15) is 0 Å². The Bertz CT molecular complexity index is 744. The molecule has 0 spiro atoms. The quantitative estimate of drug-likeness (QED) is 0.425. The molecule has 2 aromatic rings. The van der Waals surface area contributed by atoms with Crippen LogP contribution in [0.25, 0.3) is 0 Å². The number of ether oxygens (including phenoxy) is 2. The molecule has 2 N–H and O–H groups in total. The third kappa shape index (κ3) is 7.16. The minimum absolute atomic E-state index is 0.380. The van der Waals surface area contributed by atoms with Crippen molar-refractivity contribution in [1.29, 1.82) is 0 Å². The molecule has 0 heterocycles. The molecule has 0 aromatic heterocycles. The number of hydrogen-bond acceptors (Lipinski definition) is 4. The largest absolute Gasteiger partial charge is 0.490 e. The summed E-state index contributed by atoms with van der Waals surface area (Å²) < 4.78 is 12.7. The molecule has 0 unspecified atom stereocenters. The Balaban J connectivity index is 2.06. The van der Waals surface area contributed by atoms with Gasteiger partial charge in [-0.05, 0) is 68.9 Å². The Hall–Kier alpha value is -0.980. The number of nitrogens with one attached hydrogen (secondary N) is 2. The molecule has 0 atom stereocenters. The zero-order valence-electron chi connectivity index (χ0n) is 15.6. The molecular formula is C20H25BrCl2N2O2. The summed E-state index contributed by atoms with van der Waals surface area (Å²) in [7, 11) is 1.96. The Labute approximate surface area is 179 Å². The van der Waals surface area contributed by atoms with Crippen molar-refractivity contribution in [1.82, 2.24) is 10.6 Å². The standard InChI is InChI=1S/C20H25BrCl2N2O2/c1-3-26-19-10-15(12-25-8-4-7-24-2)16(21)11-20(19)27-13-14-5-6-17(22)18(23)9-14/h5-6,9-11,24-25H,3-4,7-8,12-13H2,1-2H3. The zero-order chi connectivity index (χ0) is 19.6. The van der Waals surface area contributed by atoms with E-state index in [0.29, 0.717) is 29.0 Å². The lowest BCUT2D eigenvalue weighted by molar-refractivity contribution is 0.269. The van der Waals surface area contributed by atoms with Crippen LogP contribution in [0.5, 0.6) is 11.5 Å². The van der Waals surface area contributed by atoms with E-state index in [1.807, 2.05) is 38.2 Å². The molecule has 0 fully saturated rings. The molecule has 0 aliphatic rings. The highest BCUT2D eigenvalue weighted by Crippen LogP contribution is 2.34. The van der Waals surface area contributed by atoms with Gasteiger partial charge in [0.05, 0.1) is 16.7 Å². The van der Waals surface area contributed by atoms with E-state index in [4.69, 9.17) is 32.7 Å². The highest BCUT2D eigenvalue weighted by molar-refractivity contribution is 9.10. The minimum atomic E-state index is 0.380. The van der Waals surface area contributed by atoms with Crippen molar-refractivity contribution < 1.29 is 9.47 Å². The van der Waals surface area contributed by atoms with E-state index < -0.39 is 0 Å². The van der Waals surface area contributed by atoms with Crippen LogP contribution >= 0.6 is 39.1 Å². The number of benzene rings is 2. The van der Waals surface area contributed by atoms with Gasteiger partial charge in [0.1, 0.15) is 6.61 Å². The number of rotatable bonds is 11. The molecule has 2 aromatic carbocycles. The van der Waals surface area contributed by atoms with Crippen LogP contribution in [0, 0.1) is 0 Å². The molecule has 7 heteroatoms. The second-order valence-electron chi connectivity index (χ2n) is 5.99. The second kappa shape index (κ2) is 11.8. The van der Waals surface area contributed by atoms with E-state index in [9.17, 15) is 0 Å². The molecular weight excluding hydrogens is 451 g/mol. The van der Waals surface area contributed by atoms with Crippen LogP contribution in [0.3, 0.4) is 0 Å². The van der Waals surface area contributed by atoms with Crippen LogP contribution in [0.2, 0.25) is 10.0 Å². The molecule has 0 radical (unpaired) electrons. The van der Waals surface area contributed by atoms with Gasteiger partial charge in [0, 0.05) is 11.0 Å². The fourth-order valence-electron chi connectivity index (χ4n) is 2.50. The fraction of sp³-hybridized carbons (Fsp3) is 0.400. The summed E-state index contributed by atoms with van der Waals surface area (Å²) in [6.45, 7) is 5.62. The Morgan fingerprint density at radius 3 is 2.48 bits per heavy atom. The highest BCUT2D eigenvalue weighted by Gasteiger charge is 2.11. The Morgan fingerprint density at radius 1 is 1.00 bits per heavy atom. The van der Waals surface area contributed by atoms with E-state index in [1.165, 1.54) is 0 Å². The number of hydrogen-bond donors (Lipinski definition) is 2. The van der Waals surface area contributed by atoms with Crippen molar-refractivity contribution in [2.24, 2.45) is 0 Å². The minimum Gasteiger partial charge on any atom is -0.490 e. The number of halogens is 3. The molecule has 148 valence electrons. The topological polar surface area (TPSA) is 42.5 Å². The molecule has 0 saturated carbocycles. The first kappa shape index (κ1) is 22.3. The molecule has 2 rings (SSSR count). The highest BCUT2D eigenvalue weighted by atomic mass is 79.9. The van der Waals surface area contributed by atoms with Gasteiger partial charge >= 0.3 is 0 Å². The Morgan fingerprint density at radius 2 is 1.78 bits per heavy atom. The molecule has 0 aliphatic heterocycles. The lowest BCUT2D eigenvalue weighted by Gasteiger charge is -2.16. The van der Waals surface area contributed by atoms with Gasteiger partial charge in [0.2, 0.25) is 0 Å². The van der Waals surface area contributed by atoms with Crippen LogP contribution in [0.4, 0.5) is 0 Å². The summed E-state index contributed by atoms with van der Waals surface area (Å²) in [5.41, 5.74) is 2.07. The van der Waals surface area contributed by atoms with Gasteiger partial charge in [-0.1, -0.05) is 45.2 Å². The lowest BCUT2D eigenvalue weighted by atomic mass is 10.2. The summed E-state index contributed by atoms with van der Waals surface area (Å²) in [5.74, 6) is 1.42. The van der Waals surface area contributed by atoms with E-state index in [0.717, 1.165) is 47.4 Å². The fourth-order valence-corrected chi connectivity index (χ4v) is 3.28. The van der Waals surface area contributed by atoms with Crippen LogP contribution in [-0.2, 0) is 13.2 Å². The SMILES string of the molecule is CCOc1cc(CNCCCNC)c(Br)cc1OCc1ccc(Cl)c(Cl)c1. The van der Waals surface area contributed by atoms with Gasteiger partial charge in [-0.25, -0.2) is 0 Å². The third-order valence-electron chi connectivity index (χ3n) is 3.89. The van der Waals surface area contributed by atoms with E-state index >= 15 is 0 Å². The van der Waals surface area contributed by atoms with Gasteiger partial charge in [0.15, 0.2) is 11.5 Å². The normalized spacial score (nSPS) is 10.9. The van der Waals surface area contributed by atoms with Crippen molar-refractivity contribution in [3.05, 3.63) is 56.0 Å². The first-order valence-corrected chi connectivity index (χ1v) is 10.5. The first-order valence-electron chi connectivity index (χ1n) is 8.92. The summed E-state index contributed by atoms with van der Waals surface area (Å²) in [6, 6.07) is 9.44. The monoisotopic (exact) mass is 474 g/mol. The van der Waals surface area contributed by atoms with Gasteiger partial charge in [-0.15, -0.1) is 0 Å². The van der Waals surface area contributed by atoms with E-state index in [1.54, 1.807) is 6.07 Å². The van der Waals surface area contributed by atoms with Crippen molar-refractivity contribution >= 4 is 39.1 Å². The summed E-state index contributed by atoms with van der Waals surface area (Å²) in [6.07, 6.45) is 1.08. The first-order chi connectivity index (χ1) is 13.0. The smallest absolute Gasteiger partial charge is 0.162 e. The average Bonchev–Trinajstić information content (AvgIpc) is 2.65. The zero-order valence-corrected chi connectivity index (χ0v) is 18.7. The van der Waals surface area contributed by atoms with Gasteiger partial charge < -0.3 is 20.1 Å². The summed E-state index contributed by atoms with van der Waals surface area (Å²) >= 11 is 15.7. The third-order valence-corrected chi connectivity index (χ3v) is 5.36. The van der Waals surface area contributed by atoms with E-state index in [2.05, 4.69) is 26.6 Å². The summed E-state index contributed by atoms with van der Waals surface area (Å²) in [4.78, 5) is 0. The second-order valence-corrected chi connectivity index (χ2v) is 7.66. The van der Waals surface area contributed by atoms with Crippen LogP contribution < -0.4 is 20.1 Å². The maximum Gasteiger partial charge on any atom is 0.162 e. The van der Waals surface area contributed by atoms with Crippen LogP contribution in [0.15, 0.2) is 34.8 Å². The lowest BCUT2D eigenvalue weighted by Crippen LogP contribution is -2.19. The molecule has 0 bridgehead atoms. The van der Waals surface area contributed by atoms with Crippen molar-refractivity contribution in [2.75, 3.05) is 26.7 Å². The Kier molecular flexibility index (Phi) is 9.73. The molecule has 0 amide bonds. The van der Waals surface area contributed by atoms with Crippen molar-refractivity contribution in [3.8, 4) is 11.5 Å². The van der Waals surface area contributed by atoms with Crippen LogP contribution in [-0.4, -0.2) is 26.7 Å². The molecule has 0 saturated heterocycles. The average molecular weight is 476 g/mol. The maximum absolute atomic E-state index is 6.07. The predicted octanol–water partition coefficient (Wildman–Crippen LogP) is 5.43. The molecule has 0 aliphatic carbocycles. The van der Waals surface area contributed by atoms with Crippen molar-refractivity contribution in [2.45, 2.75) is 26.5 Å². The summed E-state index contributed by atoms with van der Waals surface area (Å²) in [5, 5.41) is 7.64. The molecule has 4 nitrogen and oxygen atoms in total. The predicted molar refractivity (Wildman–Crippen MR) is 116 cm³/mol. The van der Waals surface area contributed by atoms with Gasteiger partial charge in [-0.3, -0.25) is 0 Å². The van der Waals surface area contributed by atoms with E-state index in [-0.39, 0.29) is 0 Å². The van der Waals surface area contributed by atoms with Crippen LogP contribution in [0.1, 0.15) is 24.5 Å². The van der Waals surface area contributed by atoms with Gasteiger partial charge in [0.25, 0.3) is 0 Å².